The minimum absolute atomic E-state index is 0.250. The summed E-state index contributed by atoms with van der Waals surface area (Å²) in [4.78, 5) is 27.5. The van der Waals surface area contributed by atoms with Crippen LogP contribution in [0.1, 0.15) is 24.7 Å². The van der Waals surface area contributed by atoms with E-state index in [1.807, 2.05) is 0 Å². The lowest BCUT2D eigenvalue weighted by molar-refractivity contribution is -0.201. The van der Waals surface area contributed by atoms with Crippen LogP contribution >= 0.6 is 0 Å². The molecule has 7 nitrogen and oxygen atoms in total. The predicted molar refractivity (Wildman–Crippen MR) is 79.7 cm³/mol. The molecular formula is C15H14F3N3O4. The van der Waals surface area contributed by atoms with E-state index >= 15 is 0 Å². The van der Waals surface area contributed by atoms with Crippen molar-refractivity contribution in [3.8, 4) is 0 Å². The molecule has 1 saturated carbocycles. The maximum atomic E-state index is 12.1. The van der Waals surface area contributed by atoms with E-state index in [1.165, 1.54) is 12.1 Å². The van der Waals surface area contributed by atoms with Gasteiger partial charge < -0.3 is 20.2 Å². The highest BCUT2D eigenvalue weighted by molar-refractivity contribution is 6.39. The summed E-state index contributed by atoms with van der Waals surface area (Å²) >= 11 is 0. The Hall–Kier alpha value is -2.62. The van der Waals surface area contributed by atoms with Gasteiger partial charge in [-0.05, 0) is 31.0 Å². The Morgan fingerprint density at radius 2 is 2.04 bits per heavy atom. The summed E-state index contributed by atoms with van der Waals surface area (Å²) in [6, 6.07) is 4.57. The fourth-order valence-corrected chi connectivity index (χ4v) is 2.10. The molecule has 3 rings (SSSR count). The first-order valence-corrected chi connectivity index (χ1v) is 7.48. The van der Waals surface area contributed by atoms with E-state index in [0.29, 0.717) is 22.9 Å². The number of nitrogens with zero attached hydrogens (tertiary/aromatic N) is 1. The number of alkyl halides is 3. The molecule has 0 saturated heterocycles. The van der Waals surface area contributed by atoms with Crippen LogP contribution in [0.5, 0.6) is 0 Å². The maximum absolute atomic E-state index is 12.1. The second-order valence-corrected chi connectivity index (χ2v) is 5.73. The third kappa shape index (κ3) is 4.08. The van der Waals surface area contributed by atoms with Gasteiger partial charge in [0.25, 0.3) is 0 Å². The highest BCUT2D eigenvalue weighted by Crippen LogP contribution is 2.40. The van der Waals surface area contributed by atoms with Crippen LogP contribution in [0.2, 0.25) is 0 Å². The van der Waals surface area contributed by atoms with E-state index < -0.39 is 30.6 Å². The number of hydrogen-bond acceptors (Lipinski definition) is 5. The molecule has 1 atom stereocenters. The van der Waals surface area contributed by atoms with Gasteiger partial charge in [0, 0.05) is 11.6 Å². The second kappa shape index (κ2) is 6.36. The van der Waals surface area contributed by atoms with Crippen molar-refractivity contribution < 1.29 is 32.3 Å². The Morgan fingerprint density at radius 3 is 2.68 bits per heavy atom. The minimum atomic E-state index is -4.87. The van der Waals surface area contributed by atoms with Gasteiger partial charge in [0.1, 0.15) is 5.52 Å². The molecule has 1 heterocycles. The molecule has 1 aliphatic rings. The monoisotopic (exact) mass is 357 g/mol. The minimum Gasteiger partial charge on any atom is -0.440 e. The van der Waals surface area contributed by atoms with Gasteiger partial charge in [0.05, 0.1) is 6.54 Å². The molecule has 0 unspecified atom stereocenters. The van der Waals surface area contributed by atoms with Crippen molar-refractivity contribution in [3.05, 3.63) is 24.1 Å². The molecule has 0 spiro atoms. The highest BCUT2D eigenvalue weighted by Gasteiger charge is 2.38. The number of anilines is 1. The van der Waals surface area contributed by atoms with Gasteiger partial charge in [-0.25, -0.2) is 4.98 Å². The van der Waals surface area contributed by atoms with E-state index in [1.54, 1.807) is 11.4 Å². The molecule has 1 aliphatic carbocycles. The highest BCUT2D eigenvalue weighted by atomic mass is 19.4. The number of aliphatic hydroxyl groups is 1. The molecule has 2 aromatic rings. The molecule has 0 aliphatic heterocycles. The zero-order valence-electron chi connectivity index (χ0n) is 12.8. The Bertz CT molecular complexity index is 814. The van der Waals surface area contributed by atoms with Gasteiger partial charge in [-0.2, -0.15) is 13.2 Å². The van der Waals surface area contributed by atoms with Crippen LogP contribution in [0.15, 0.2) is 22.6 Å². The Kier molecular flexibility index (Phi) is 4.38. The van der Waals surface area contributed by atoms with Crippen LogP contribution in [0.4, 0.5) is 18.9 Å². The van der Waals surface area contributed by atoms with Gasteiger partial charge in [-0.15, -0.1) is 0 Å². The molecular weight excluding hydrogens is 343 g/mol. The van der Waals surface area contributed by atoms with Crippen molar-refractivity contribution in [2.45, 2.75) is 31.0 Å². The van der Waals surface area contributed by atoms with E-state index in [0.717, 1.165) is 12.8 Å². The Morgan fingerprint density at radius 1 is 1.32 bits per heavy atom. The maximum Gasteiger partial charge on any atom is 0.416 e. The number of benzene rings is 1. The number of aliphatic hydroxyl groups excluding tert-OH is 1. The Balaban J connectivity index is 1.60. The number of oxazole rings is 1. The van der Waals surface area contributed by atoms with Crippen LogP contribution in [0.25, 0.3) is 11.1 Å². The number of aromatic nitrogens is 1. The summed E-state index contributed by atoms with van der Waals surface area (Å²) in [6.45, 7) is -1.11. The van der Waals surface area contributed by atoms with Crippen molar-refractivity contribution >= 4 is 28.6 Å². The number of carbonyl (C=O) groups excluding carboxylic acids is 2. The fourth-order valence-electron chi connectivity index (χ4n) is 2.10. The molecule has 0 bridgehead atoms. The van der Waals surface area contributed by atoms with E-state index in [-0.39, 0.29) is 5.69 Å². The Labute approximate surface area is 139 Å². The van der Waals surface area contributed by atoms with Crippen molar-refractivity contribution in [1.82, 2.24) is 10.3 Å². The summed E-state index contributed by atoms with van der Waals surface area (Å²) in [5, 5.41) is 12.8. The molecule has 25 heavy (non-hydrogen) atoms. The SMILES string of the molecule is O=C(NC[C@H](O)C(F)(F)F)C(=O)Nc1ccc2oc(C3CC3)nc2c1. The number of carbonyl (C=O) groups is 2. The number of halogens is 3. The smallest absolute Gasteiger partial charge is 0.416 e. The fraction of sp³-hybridized carbons (Fsp3) is 0.400. The normalized spacial score (nSPS) is 15.8. The van der Waals surface area contributed by atoms with Crippen molar-refractivity contribution in [2.75, 3.05) is 11.9 Å². The lowest BCUT2D eigenvalue weighted by Crippen LogP contribution is -2.44. The van der Waals surface area contributed by atoms with Crippen LogP contribution in [0.3, 0.4) is 0 Å². The number of nitrogens with one attached hydrogen (secondary N) is 2. The lowest BCUT2D eigenvalue weighted by Gasteiger charge is -2.14. The summed E-state index contributed by atoms with van der Waals surface area (Å²) in [7, 11) is 0. The van der Waals surface area contributed by atoms with E-state index in [9.17, 15) is 22.8 Å². The zero-order chi connectivity index (χ0) is 18.2. The molecule has 1 fully saturated rings. The van der Waals surface area contributed by atoms with E-state index in [4.69, 9.17) is 9.52 Å². The van der Waals surface area contributed by atoms with Crippen LogP contribution in [-0.2, 0) is 9.59 Å². The van der Waals surface area contributed by atoms with E-state index in [2.05, 4.69) is 10.3 Å². The van der Waals surface area contributed by atoms with Crippen molar-refractivity contribution in [1.29, 1.82) is 0 Å². The first kappa shape index (κ1) is 17.2. The first-order valence-electron chi connectivity index (χ1n) is 7.48. The largest absolute Gasteiger partial charge is 0.440 e. The van der Waals surface area contributed by atoms with Gasteiger partial charge in [0.2, 0.25) is 0 Å². The third-order valence-electron chi connectivity index (χ3n) is 3.63. The van der Waals surface area contributed by atoms with Crippen LogP contribution in [0, 0.1) is 0 Å². The quantitative estimate of drug-likeness (QED) is 0.722. The average molecular weight is 357 g/mol. The molecule has 2 amide bonds. The van der Waals surface area contributed by atoms with Crippen LogP contribution < -0.4 is 10.6 Å². The number of fused-ring (bicyclic) bond motifs is 1. The third-order valence-corrected chi connectivity index (χ3v) is 3.63. The molecule has 3 N–H and O–H groups in total. The molecule has 134 valence electrons. The molecule has 1 aromatic heterocycles. The molecule has 10 heteroatoms. The van der Waals surface area contributed by atoms with Crippen molar-refractivity contribution in [3.63, 3.8) is 0 Å². The molecule has 0 radical (unpaired) electrons. The number of amides is 2. The summed E-state index contributed by atoms with van der Waals surface area (Å²) in [6.07, 6.45) is -5.58. The van der Waals surface area contributed by atoms with Gasteiger partial charge in [-0.1, -0.05) is 0 Å². The summed E-state index contributed by atoms with van der Waals surface area (Å²) in [5.74, 6) is -1.50. The molecule has 1 aromatic carbocycles. The topological polar surface area (TPSA) is 104 Å². The van der Waals surface area contributed by atoms with Gasteiger partial charge in [0.15, 0.2) is 17.6 Å². The standard InChI is InChI=1S/C15H14F3N3O4/c16-15(17,18)11(22)6-19-12(23)13(24)20-8-3-4-10-9(5-8)21-14(25-10)7-1-2-7/h3-5,7,11,22H,1-2,6H2,(H,19,23)(H,20,24)/t11-/m0/s1. The number of hydrogen-bond donors (Lipinski definition) is 3. The second-order valence-electron chi connectivity index (χ2n) is 5.73. The predicted octanol–water partition coefficient (Wildman–Crippen LogP) is 1.68. The van der Waals surface area contributed by atoms with Gasteiger partial charge >= 0.3 is 18.0 Å². The number of rotatable bonds is 4. The summed E-state index contributed by atoms with van der Waals surface area (Å²) < 4.78 is 42.0. The van der Waals surface area contributed by atoms with Crippen LogP contribution in [-0.4, -0.2) is 40.7 Å². The lowest BCUT2D eigenvalue weighted by atomic mass is 10.3. The zero-order valence-corrected chi connectivity index (χ0v) is 12.8. The van der Waals surface area contributed by atoms with Crippen molar-refractivity contribution in [2.24, 2.45) is 0 Å². The average Bonchev–Trinajstić information content (AvgIpc) is 3.31. The van der Waals surface area contributed by atoms with Gasteiger partial charge in [-0.3, -0.25) is 9.59 Å². The first-order chi connectivity index (χ1) is 11.7. The summed E-state index contributed by atoms with van der Waals surface area (Å²) in [5.41, 5.74) is 1.30.